The molecule has 1 aromatic heterocycles. The van der Waals surface area contributed by atoms with Crippen LogP contribution in [0.25, 0.3) is 0 Å². The number of aromatic nitrogens is 2. The first-order valence-corrected chi connectivity index (χ1v) is 6.76. The fourth-order valence-corrected chi connectivity index (χ4v) is 2.01. The maximum Gasteiger partial charge on any atom is 0.271 e. The quantitative estimate of drug-likeness (QED) is 0.549. The van der Waals surface area contributed by atoms with Crippen LogP contribution in [0.5, 0.6) is 0 Å². The first-order chi connectivity index (χ1) is 9.56. The summed E-state index contributed by atoms with van der Waals surface area (Å²) in [6, 6.07) is 1.68. The van der Waals surface area contributed by atoms with E-state index in [0.29, 0.717) is 18.8 Å². The minimum atomic E-state index is -0.531. The van der Waals surface area contributed by atoms with E-state index in [1.54, 1.807) is 12.3 Å². The van der Waals surface area contributed by atoms with Gasteiger partial charge in [-0.05, 0) is 26.6 Å². The van der Waals surface area contributed by atoms with Crippen LogP contribution in [-0.2, 0) is 4.74 Å². The number of aliphatic hydroxyl groups is 1. The maximum atomic E-state index is 11.5. The van der Waals surface area contributed by atoms with Crippen LogP contribution in [0.3, 0.4) is 0 Å². The van der Waals surface area contributed by atoms with Crippen LogP contribution >= 0.6 is 0 Å². The van der Waals surface area contributed by atoms with Crippen molar-refractivity contribution in [2.45, 2.75) is 25.5 Å². The summed E-state index contributed by atoms with van der Waals surface area (Å²) in [4.78, 5) is 13.5. The first kappa shape index (κ1) is 16.6. The summed E-state index contributed by atoms with van der Waals surface area (Å²) >= 11 is 0. The molecule has 0 aliphatic carbocycles. The first-order valence-electron chi connectivity index (χ1n) is 6.76. The average Bonchev–Trinajstić information content (AvgIpc) is 2.92. The van der Waals surface area contributed by atoms with Gasteiger partial charge >= 0.3 is 0 Å². The monoisotopic (exact) mass is 284 g/mol. The molecule has 2 unspecified atom stereocenters. The van der Waals surface area contributed by atoms with Gasteiger partial charge in [0.1, 0.15) is 5.69 Å². The molecule has 0 fully saturated rings. The summed E-state index contributed by atoms with van der Waals surface area (Å²) in [5.74, 6) is -0.241. The number of aliphatic hydroxyl groups excluding tert-OH is 1. The lowest BCUT2D eigenvalue weighted by atomic mass is 10.1. The van der Waals surface area contributed by atoms with Crippen molar-refractivity contribution in [1.29, 1.82) is 0 Å². The molecule has 20 heavy (non-hydrogen) atoms. The summed E-state index contributed by atoms with van der Waals surface area (Å²) < 4.78 is 5.38. The maximum absolute atomic E-state index is 11.5. The van der Waals surface area contributed by atoms with Crippen molar-refractivity contribution < 1.29 is 14.6 Å². The number of carbonyl (C=O) groups is 1. The zero-order chi connectivity index (χ0) is 15.0. The van der Waals surface area contributed by atoms with Gasteiger partial charge in [0.25, 0.3) is 5.91 Å². The molecular weight excluding hydrogens is 260 g/mol. The van der Waals surface area contributed by atoms with E-state index in [1.165, 1.54) is 0 Å². The van der Waals surface area contributed by atoms with E-state index in [9.17, 15) is 9.90 Å². The number of ether oxygens (including phenoxy) is 1. The highest BCUT2D eigenvalue weighted by Gasteiger charge is 2.19. The predicted molar refractivity (Wildman–Crippen MR) is 75.5 cm³/mol. The molecule has 1 heterocycles. The number of nitrogens with zero attached hydrogens (tertiary/aromatic N) is 2. The second-order valence-electron chi connectivity index (χ2n) is 4.80. The van der Waals surface area contributed by atoms with Gasteiger partial charge in [-0.3, -0.25) is 9.89 Å². The zero-order valence-electron chi connectivity index (χ0n) is 12.3. The van der Waals surface area contributed by atoms with Crippen molar-refractivity contribution in [3.63, 3.8) is 0 Å². The Morgan fingerprint density at radius 2 is 2.35 bits per heavy atom. The number of rotatable bonds is 9. The van der Waals surface area contributed by atoms with Crippen LogP contribution in [0.1, 0.15) is 23.8 Å². The molecule has 3 N–H and O–H groups in total. The van der Waals surface area contributed by atoms with E-state index in [-0.39, 0.29) is 18.6 Å². The SMILES string of the molecule is CCC(C(O)COCCNC(=O)c1cc[nH]n1)N(C)C. The third-order valence-electron chi connectivity index (χ3n) is 3.08. The second-order valence-corrected chi connectivity index (χ2v) is 4.80. The van der Waals surface area contributed by atoms with Gasteiger partial charge in [-0.15, -0.1) is 0 Å². The average molecular weight is 284 g/mol. The van der Waals surface area contributed by atoms with Crippen LogP contribution in [0.15, 0.2) is 12.3 Å². The van der Waals surface area contributed by atoms with Crippen LogP contribution in [0, 0.1) is 0 Å². The molecular formula is C13H24N4O3. The van der Waals surface area contributed by atoms with Crippen molar-refractivity contribution in [2.75, 3.05) is 33.9 Å². The number of likely N-dealkylation sites (N-methyl/N-ethyl adjacent to an activating group) is 1. The van der Waals surface area contributed by atoms with E-state index in [0.717, 1.165) is 6.42 Å². The fraction of sp³-hybridized carbons (Fsp3) is 0.692. The molecule has 0 aliphatic rings. The topological polar surface area (TPSA) is 90.5 Å². The Morgan fingerprint density at radius 3 is 2.90 bits per heavy atom. The Labute approximate surface area is 119 Å². The highest BCUT2D eigenvalue weighted by atomic mass is 16.5. The van der Waals surface area contributed by atoms with E-state index < -0.39 is 6.10 Å². The molecule has 0 saturated carbocycles. The molecule has 0 spiro atoms. The smallest absolute Gasteiger partial charge is 0.271 e. The summed E-state index contributed by atoms with van der Waals surface area (Å²) in [7, 11) is 3.86. The standard InChI is InChI=1S/C13H24N4O3/c1-4-11(17(2)3)12(18)9-20-8-7-14-13(19)10-5-6-15-16-10/h5-6,11-12,18H,4,7-9H2,1-3H3,(H,14,19)(H,15,16). The molecule has 114 valence electrons. The minimum Gasteiger partial charge on any atom is -0.389 e. The van der Waals surface area contributed by atoms with Crippen LogP contribution in [0.4, 0.5) is 0 Å². The van der Waals surface area contributed by atoms with Crippen molar-refractivity contribution >= 4 is 5.91 Å². The number of H-pyrrole nitrogens is 1. The van der Waals surface area contributed by atoms with E-state index >= 15 is 0 Å². The van der Waals surface area contributed by atoms with E-state index in [2.05, 4.69) is 15.5 Å². The molecule has 7 heteroatoms. The van der Waals surface area contributed by atoms with Crippen LogP contribution in [-0.4, -0.2) is 72.1 Å². The number of aromatic amines is 1. The summed E-state index contributed by atoms with van der Waals surface area (Å²) in [5, 5.41) is 19.0. The number of carbonyl (C=O) groups excluding carboxylic acids is 1. The van der Waals surface area contributed by atoms with Crippen LogP contribution < -0.4 is 5.32 Å². The lowest BCUT2D eigenvalue weighted by molar-refractivity contribution is -0.00615. The molecule has 1 amide bonds. The molecule has 1 rings (SSSR count). The van der Waals surface area contributed by atoms with E-state index in [1.807, 2.05) is 25.9 Å². The van der Waals surface area contributed by atoms with Gasteiger partial charge in [0.2, 0.25) is 0 Å². The molecule has 0 bridgehead atoms. The molecule has 0 aromatic carbocycles. The number of hydrogen-bond acceptors (Lipinski definition) is 5. The Morgan fingerprint density at radius 1 is 1.60 bits per heavy atom. The molecule has 0 aliphatic heterocycles. The van der Waals surface area contributed by atoms with Gasteiger partial charge in [-0.2, -0.15) is 5.10 Å². The third-order valence-corrected chi connectivity index (χ3v) is 3.08. The van der Waals surface area contributed by atoms with E-state index in [4.69, 9.17) is 4.74 Å². The lowest BCUT2D eigenvalue weighted by Gasteiger charge is -2.27. The van der Waals surface area contributed by atoms with Gasteiger partial charge in [-0.1, -0.05) is 6.92 Å². The van der Waals surface area contributed by atoms with Crippen LogP contribution in [0.2, 0.25) is 0 Å². The van der Waals surface area contributed by atoms with Gasteiger partial charge in [-0.25, -0.2) is 0 Å². The fourth-order valence-electron chi connectivity index (χ4n) is 2.01. The Balaban J connectivity index is 2.14. The Kier molecular flexibility index (Phi) is 7.21. The molecule has 0 saturated heterocycles. The zero-order valence-corrected chi connectivity index (χ0v) is 12.3. The van der Waals surface area contributed by atoms with Crippen molar-refractivity contribution in [2.24, 2.45) is 0 Å². The van der Waals surface area contributed by atoms with Crippen molar-refractivity contribution in [3.05, 3.63) is 18.0 Å². The summed E-state index contributed by atoms with van der Waals surface area (Å²) in [6.45, 7) is 3.03. The largest absolute Gasteiger partial charge is 0.389 e. The third kappa shape index (κ3) is 5.28. The summed E-state index contributed by atoms with van der Waals surface area (Å²) in [6.07, 6.45) is 1.92. The van der Waals surface area contributed by atoms with Crippen molar-refractivity contribution in [3.8, 4) is 0 Å². The predicted octanol–water partition coefficient (Wildman–Crippen LogP) is -0.143. The normalized spacial score (nSPS) is 14.2. The number of hydrogen-bond donors (Lipinski definition) is 3. The number of nitrogens with one attached hydrogen (secondary N) is 2. The van der Waals surface area contributed by atoms with Crippen molar-refractivity contribution in [1.82, 2.24) is 20.4 Å². The Hall–Kier alpha value is -1.44. The summed E-state index contributed by atoms with van der Waals surface area (Å²) in [5.41, 5.74) is 0.351. The van der Waals surface area contributed by atoms with Gasteiger partial charge in [0, 0.05) is 18.8 Å². The highest BCUT2D eigenvalue weighted by Crippen LogP contribution is 2.05. The highest BCUT2D eigenvalue weighted by molar-refractivity contribution is 5.92. The molecule has 2 atom stereocenters. The lowest BCUT2D eigenvalue weighted by Crippen LogP contribution is -2.41. The molecule has 1 aromatic rings. The molecule has 7 nitrogen and oxygen atoms in total. The minimum absolute atomic E-state index is 0.0775. The van der Waals surface area contributed by atoms with Gasteiger partial charge < -0.3 is 20.1 Å². The van der Waals surface area contributed by atoms with Gasteiger partial charge in [0.05, 0.1) is 19.3 Å². The molecule has 0 radical (unpaired) electrons. The number of amides is 1. The Bertz CT molecular complexity index is 381. The second kappa shape index (κ2) is 8.68. The van der Waals surface area contributed by atoms with Gasteiger partial charge in [0.15, 0.2) is 0 Å².